The summed E-state index contributed by atoms with van der Waals surface area (Å²) in [5.74, 6) is -4.45. The number of ether oxygens (including phenoxy) is 1. The summed E-state index contributed by atoms with van der Waals surface area (Å²) in [5, 5.41) is 14.3. The number of carbonyl (C=O) groups excluding carboxylic acids is 2. The van der Waals surface area contributed by atoms with Crippen LogP contribution in [0.1, 0.15) is 36.2 Å². The molecule has 30 heavy (non-hydrogen) atoms. The van der Waals surface area contributed by atoms with Gasteiger partial charge in [0.1, 0.15) is 11.4 Å². The van der Waals surface area contributed by atoms with E-state index in [1.165, 1.54) is 17.0 Å². The first-order valence-corrected chi connectivity index (χ1v) is 9.72. The number of aliphatic carboxylic acids is 1. The molecule has 9 nitrogen and oxygen atoms in total. The molecule has 3 N–H and O–H groups in total. The first-order chi connectivity index (χ1) is 14.1. The number of alkyl halides is 2. The molecule has 0 aromatic carbocycles. The molecule has 2 aliphatic heterocycles. The van der Waals surface area contributed by atoms with Crippen LogP contribution in [0.2, 0.25) is 0 Å². The van der Waals surface area contributed by atoms with Crippen LogP contribution in [0.15, 0.2) is 12.1 Å². The van der Waals surface area contributed by atoms with E-state index in [-0.39, 0.29) is 30.4 Å². The van der Waals surface area contributed by atoms with Gasteiger partial charge in [-0.15, -0.1) is 0 Å². The van der Waals surface area contributed by atoms with Crippen LogP contribution >= 0.6 is 0 Å². The number of carboxylic acids is 1. The minimum atomic E-state index is -2.77. The second-order valence-electron chi connectivity index (χ2n) is 8.25. The van der Waals surface area contributed by atoms with Gasteiger partial charge in [0.2, 0.25) is 11.8 Å². The SMILES string of the molecule is O=C(O)CC1(NC(=O)c2ccc(N3CC(F)(F)C3)c(OCC3CC3)n2)CNC(=O)C1. The predicted molar refractivity (Wildman–Crippen MR) is 99.7 cm³/mol. The minimum Gasteiger partial charge on any atom is -0.481 e. The smallest absolute Gasteiger partial charge is 0.305 e. The van der Waals surface area contributed by atoms with Gasteiger partial charge in [-0.1, -0.05) is 0 Å². The molecule has 1 aromatic heterocycles. The number of halogens is 2. The van der Waals surface area contributed by atoms with E-state index >= 15 is 0 Å². The third kappa shape index (κ3) is 4.44. The normalized spacial score (nSPS) is 24.7. The van der Waals surface area contributed by atoms with E-state index in [1.54, 1.807) is 0 Å². The van der Waals surface area contributed by atoms with Gasteiger partial charge in [0.25, 0.3) is 11.8 Å². The van der Waals surface area contributed by atoms with Gasteiger partial charge in [0, 0.05) is 6.54 Å². The molecule has 1 atom stereocenters. The van der Waals surface area contributed by atoms with Crippen LogP contribution in [-0.4, -0.2) is 65.6 Å². The Morgan fingerprint density at radius 1 is 1.33 bits per heavy atom. The molecular formula is C19H22F2N4O5. The minimum absolute atomic E-state index is 0.00411. The van der Waals surface area contributed by atoms with Gasteiger partial charge < -0.3 is 25.4 Å². The Bertz CT molecular complexity index is 884. The highest BCUT2D eigenvalue weighted by atomic mass is 19.3. The molecule has 1 unspecified atom stereocenters. The molecule has 0 radical (unpaired) electrons. The van der Waals surface area contributed by atoms with Crippen LogP contribution in [0.5, 0.6) is 5.88 Å². The Balaban J connectivity index is 1.53. The topological polar surface area (TPSA) is 121 Å². The number of nitrogens with one attached hydrogen (secondary N) is 2. The molecule has 2 saturated heterocycles. The van der Waals surface area contributed by atoms with Crippen LogP contribution in [0.3, 0.4) is 0 Å². The fraction of sp³-hybridized carbons (Fsp3) is 0.579. The lowest BCUT2D eigenvalue weighted by atomic mass is 9.93. The van der Waals surface area contributed by atoms with Crippen molar-refractivity contribution >= 4 is 23.5 Å². The van der Waals surface area contributed by atoms with E-state index in [0.29, 0.717) is 18.2 Å². The number of nitrogens with zero attached hydrogens (tertiary/aromatic N) is 2. The number of aromatic nitrogens is 1. The van der Waals surface area contributed by atoms with Crippen molar-refractivity contribution in [2.75, 3.05) is 31.1 Å². The Morgan fingerprint density at radius 3 is 2.63 bits per heavy atom. The molecule has 4 rings (SSSR count). The van der Waals surface area contributed by atoms with E-state index < -0.39 is 42.8 Å². The molecule has 1 aromatic rings. The van der Waals surface area contributed by atoms with Gasteiger partial charge in [-0.05, 0) is 30.9 Å². The molecule has 3 heterocycles. The highest BCUT2D eigenvalue weighted by Crippen LogP contribution is 2.38. The van der Waals surface area contributed by atoms with Crippen LogP contribution < -0.4 is 20.3 Å². The Labute approximate surface area is 170 Å². The van der Waals surface area contributed by atoms with Crippen LogP contribution in [0, 0.1) is 5.92 Å². The van der Waals surface area contributed by atoms with Gasteiger partial charge in [-0.25, -0.2) is 13.8 Å². The van der Waals surface area contributed by atoms with Gasteiger partial charge in [0.05, 0.1) is 38.1 Å². The highest BCUT2D eigenvalue weighted by molar-refractivity contribution is 5.95. The van der Waals surface area contributed by atoms with Crippen molar-refractivity contribution < 1.29 is 33.0 Å². The maximum atomic E-state index is 13.3. The lowest BCUT2D eigenvalue weighted by Gasteiger charge is -2.40. The lowest BCUT2D eigenvalue weighted by Crippen LogP contribution is -2.56. The predicted octanol–water partition coefficient (Wildman–Crippen LogP) is 0.789. The van der Waals surface area contributed by atoms with Crippen molar-refractivity contribution in [1.82, 2.24) is 15.6 Å². The van der Waals surface area contributed by atoms with Crippen molar-refractivity contribution in [1.29, 1.82) is 0 Å². The number of hydrogen-bond donors (Lipinski definition) is 3. The number of rotatable bonds is 8. The van der Waals surface area contributed by atoms with Gasteiger partial charge in [0.15, 0.2) is 0 Å². The quantitative estimate of drug-likeness (QED) is 0.564. The summed E-state index contributed by atoms with van der Waals surface area (Å²) in [6, 6.07) is 2.88. The summed E-state index contributed by atoms with van der Waals surface area (Å²) in [7, 11) is 0. The van der Waals surface area contributed by atoms with E-state index in [4.69, 9.17) is 9.84 Å². The number of hydrogen-bond acceptors (Lipinski definition) is 6. The standard InChI is InChI=1S/C19H22F2N4O5/c20-19(21)9-25(10-19)13-4-3-12(23-17(13)30-7-11-1-2-11)16(29)24-18(6-15(27)28)5-14(26)22-8-18/h3-4,11H,1-2,5-10H2,(H,22,26)(H,24,29)(H,27,28). The second kappa shape index (κ2) is 7.37. The fourth-order valence-electron chi connectivity index (χ4n) is 3.62. The molecule has 2 amide bonds. The van der Waals surface area contributed by atoms with Crippen molar-refractivity contribution in [2.24, 2.45) is 5.92 Å². The molecule has 162 valence electrons. The van der Waals surface area contributed by atoms with Crippen LogP contribution in [0.25, 0.3) is 0 Å². The summed E-state index contributed by atoms with van der Waals surface area (Å²) in [5.41, 5.74) is -0.911. The van der Waals surface area contributed by atoms with E-state index in [1.807, 2.05) is 0 Å². The molecule has 1 aliphatic carbocycles. The monoisotopic (exact) mass is 424 g/mol. The molecule has 0 spiro atoms. The van der Waals surface area contributed by atoms with Crippen LogP contribution in [-0.2, 0) is 9.59 Å². The Kier molecular flexibility index (Phi) is 4.99. The maximum Gasteiger partial charge on any atom is 0.305 e. The summed E-state index contributed by atoms with van der Waals surface area (Å²) < 4.78 is 32.3. The molecule has 11 heteroatoms. The van der Waals surface area contributed by atoms with E-state index in [0.717, 1.165) is 12.8 Å². The first kappa shape index (κ1) is 20.3. The van der Waals surface area contributed by atoms with Crippen LogP contribution in [0.4, 0.5) is 14.5 Å². The molecule has 3 aliphatic rings. The van der Waals surface area contributed by atoms with Crippen molar-refractivity contribution in [3.8, 4) is 5.88 Å². The largest absolute Gasteiger partial charge is 0.481 e. The first-order valence-electron chi connectivity index (χ1n) is 9.72. The molecular weight excluding hydrogens is 402 g/mol. The highest BCUT2D eigenvalue weighted by Gasteiger charge is 2.45. The third-order valence-electron chi connectivity index (χ3n) is 5.40. The number of carboxylic acid groups (broad SMARTS) is 1. The van der Waals surface area contributed by atoms with Crippen molar-refractivity contribution in [2.45, 2.75) is 37.1 Å². The Hall–Kier alpha value is -2.98. The number of carbonyl (C=O) groups is 3. The zero-order chi connectivity index (χ0) is 21.5. The van der Waals surface area contributed by atoms with E-state index in [2.05, 4.69) is 15.6 Å². The summed E-state index contributed by atoms with van der Waals surface area (Å²) in [6.45, 7) is -0.516. The van der Waals surface area contributed by atoms with E-state index in [9.17, 15) is 23.2 Å². The maximum absolute atomic E-state index is 13.3. The van der Waals surface area contributed by atoms with Gasteiger partial charge in [-0.3, -0.25) is 14.4 Å². The summed E-state index contributed by atoms with van der Waals surface area (Å²) >= 11 is 0. The average molecular weight is 424 g/mol. The summed E-state index contributed by atoms with van der Waals surface area (Å²) in [4.78, 5) is 41.3. The second-order valence-corrected chi connectivity index (χ2v) is 8.25. The van der Waals surface area contributed by atoms with Gasteiger partial charge >= 0.3 is 5.97 Å². The number of pyridine rings is 1. The molecule has 1 saturated carbocycles. The van der Waals surface area contributed by atoms with Crippen molar-refractivity contribution in [3.05, 3.63) is 17.8 Å². The zero-order valence-electron chi connectivity index (χ0n) is 16.1. The molecule has 0 bridgehead atoms. The lowest BCUT2D eigenvalue weighted by molar-refractivity contribution is -0.138. The van der Waals surface area contributed by atoms with Crippen molar-refractivity contribution in [3.63, 3.8) is 0 Å². The number of amides is 2. The number of anilines is 1. The zero-order valence-corrected chi connectivity index (χ0v) is 16.1. The Morgan fingerprint density at radius 2 is 2.07 bits per heavy atom. The average Bonchev–Trinajstić information content (AvgIpc) is 3.40. The molecule has 3 fully saturated rings. The summed E-state index contributed by atoms with van der Waals surface area (Å²) in [6.07, 6.45) is 1.46. The van der Waals surface area contributed by atoms with Gasteiger partial charge in [-0.2, -0.15) is 0 Å². The third-order valence-corrected chi connectivity index (χ3v) is 5.40. The fourth-order valence-corrected chi connectivity index (χ4v) is 3.62.